The third-order valence-corrected chi connectivity index (χ3v) is 4.09. The van der Waals surface area contributed by atoms with Gasteiger partial charge in [0.1, 0.15) is 11.8 Å². The standard InChI is InChI=1S/C21H28N4O5/c1-6-22-20(27)15(11-13(2)3)23-19(26)14-9-7-8-10-16(14)30-21-24-17(28-4)12-18(25-21)29-5/h7-10,12-13,15H,6,11H2,1-5H3,(H,22,27)(H,23,26)/t15-/m0/s1. The highest BCUT2D eigenvalue weighted by molar-refractivity contribution is 5.99. The van der Waals surface area contributed by atoms with Crippen LogP contribution in [0.2, 0.25) is 0 Å². The van der Waals surface area contributed by atoms with Crippen LogP contribution in [0.1, 0.15) is 37.6 Å². The van der Waals surface area contributed by atoms with Crippen LogP contribution >= 0.6 is 0 Å². The van der Waals surface area contributed by atoms with Crippen LogP contribution in [-0.2, 0) is 4.79 Å². The molecule has 9 nitrogen and oxygen atoms in total. The highest BCUT2D eigenvalue weighted by Crippen LogP contribution is 2.26. The van der Waals surface area contributed by atoms with Crippen molar-refractivity contribution in [1.82, 2.24) is 20.6 Å². The van der Waals surface area contributed by atoms with Crippen LogP contribution in [0.3, 0.4) is 0 Å². The van der Waals surface area contributed by atoms with Crippen LogP contribution < -0.4 is 24.8 Å². The number of hydrogen-bond acceptors (Lipinski definition) is 7. The van der Waals surface area contributed by atoms with Gasteiger partial charge in [0.25, 0.3) is 5.91 Å². The van der Waals surface area contributed by atoms with Crippen LogP contribution in [0.15, 0.2) is 30.3 Å². The van der Waals surface area contributed by atoms with Crippen molar-refractivity contribution >= 4 is 11.8 Å². The Labute approximate surface area is 176 Å². The first-order valence-electron chi connectivity index (χ1n) is 9.70. The third-order valence-electron chi connectivity index (χ3n) is 4.09. The Hall–Kier alpha value is -3.36. The number of nitrogens with zero attached hydrogens (tertiary/aromatic N) is 2. The Morgan fingerprint density at radius 1 is 1.07 bits per heavy atom. The summed E-state index contributed by atoms with van der Waals surface area (Å²) in [5, 5.41) is 5.55. The molecule has 2 N–H and O–H groups in total. The summed E-state index contributed by atoms with van der Waals surface area (Å²) in [6.07, 6.45) is 0.511. The van der Waals surface area contributed by atoms with E-state index in [2.05, 4.69) is 20.6 Å². The number of ether oxygens (including phenoxy) is 3. The number of aromatic nitrogens is 2. The SMILES string of the molecule is CCNC(=O)[C@H](CC(C)C)NC(=O)c1ccccc1Oc1nc(OC)cc(OC)n1. The fraction of sp³-hybridized carbons (Fsp3) is 0.429. The molecule has 9 heteroatoms. The summed E-state index contributed by atoms with van der Waals surface area (Å²) in [5.74, 6) is 0.321. The van der Waals surface area contributed by atoms with E-state index in [-0.39, 0.29) is 40.9 Å². The molecule has 0 saturated carbocycles. The number of amides is 2. The molecule has 1 aromatic heterocycles. The second kappa shape index (κ2) is 11.0. The molecule has 0 radical (unpaired) electrons. The highest BCUT2D eigenvalue weighted by atomic mass is 16.5. The van der Waals surface area contributed by atoms with E-state index in [1.54, 1.807) is 24.3 Å². The predicted molar refractivity (Wildman–Crippen MR) is 111 cm³/mol. The topological polar surface area (TPSA) is 112 Å². The van der Waals surface area contributed by atoms with Gasteiger partial charge in [-0.2, -0.15) is 9.97 Å². The minimum Gasteiger partial charge on any atom is -0.481 e. The van der Waals surface area contributed by atoms with Crippen LogP contribution in [0, 0.1) is 5.92 Å². The smallest absolute Gasteiger partial charge is 0.328 e. The molecule has 1 atom stereocenters. The van der Waals surface area contributed by atoms with Gasteiger partial charge in [-0.05, 0) is 31.4 Å². The van der Waals surface area contributed by atoms with Crippen LogP contribution in [0.4, 0.5) is 0 Å². The number of carbonyl (C=O) groups is 2. The van der Waals surface area contributed by atoms with Crippen molar-refractivity contribution < 1.29 is 23.8 Å². The monoisotopic (exact) mass is 416 g/mol. The molecule has 162 valence electrons. The lowest BCUT2D eigenvalue weighted by Crippen LogP contribution is -2.47. The van der Waals surface area contributed by atoms with Gasteiger partial charge < -0.3 is 24.8 Å². The first-order valence-corrected chi connectivity index (χ1v) is 9.70. The lowest BCUT2D eigenvalue weighted by molar-refractivity contribution is -0.123. The molecule has 0 unspecified atom stereocenters. The molecule has 30 heavy (non-hydrogen) atoms. The van der Waals surface area contributed by atoms with Crippen LogP contribution in [0.5, 0.6) is 23.5 Å². The maximum atomic E-state index is 12.9. The van der Waals surface area contributed by atoms with Gasteiger partial charge in [-0.15, -0.1) is 0 Å². The zero-order chi connectivity index (χ0) is 22.1. The van der Waals surface area contributed by atoms with E-state index in [9.17, 15) is 9.59 Å². The molecular weight excluding hydrogens is 388 g/mol. The molecule has 1 aromatic carbocycles. The first-order chi connectivity index (χ1) is 14.4. The van der Waals surface area contributed by atoms with E-state index in [0.29, 0.717) is 13.0 Å². The van der Waals surface area contributed by atoms with Crippen molar-refractivity contribution in [1.29, 1.82) is 0 Å². The Morgan fingerprint density at radius 2 is 1.70 bits per heavy atom. The van der Waals surface area contributed by atoms with Crippen molar-refractivity contribution in [2.45, 2.75) is 33.2 Å². The lowest BCUT2D eigenvalue weighted by atomic mass is 10.0. The van der Waals surface area contributed by atoms with Crippen molar-refractivity contribution in [3.8, 4) is 23.5 Å². The highest BCUT2D eigenvalue weighted by Gasteiger charge is 2.24. The first kappa shape index (κ1) is 22.9. The molecule has 2 aromatic rings. The quantitative estimate of drug-likeness (QED) is 0.612. The number of methoxy groups -OCH3 is 2. The molecule has 2 amide bonds. The lowest BCUT2D eigenvalue weighted by Gasteiger charge is -2.20. The minimum atomic E-state index is -0.654. The summed E-state index contributed by atoms with van der Waals surface area (Å²) in [6.45, 7) is 6.29. The zero-order valence-electron chi connectivity index (χ0n) is 17.9. The number of rotatable bonds is 10. The van der Waals surface area contributed by atoms with Gasteiger partial charge in [-0.3, -0.25) is 9.59 Å². The second-order valence-electron chi connectivity index (χ2n) is 6.88. The molecular formula is C21H28N4O5. The van der Waals surface area contributed by atoms with Gasteiger partial charge in [0.15, 0.2) is 0 Å². The summed E-state index contributed by atoms with van der Waals surface area (Å²) in [6, 6.07) is 7.47. The fourth-order valence-electron chi connectivity index (χ4n) is 2.72. The molecule has 0 fully saturated rings. The van der Waals surface area contributed by atoms with Gasteiger partial charge in [-0.1, -0.05) is 26.0 Å². The van der Waals surface area contributed by atoms with Crippen molar-refractivity contribution in [3.05, 3.63) is 35.9 Å². The fourth-order valence-corrected chi connectivity index (χ4v) is 2.72. The summed E-state index contributed by atoms with van der Waals surface area (Å²) in [4.78, 5) is 33.5. The Morgan fingerprint density at radius 3 is 2.27 bits per heavy atom. The number of para-hydroxylation sites is 1. The number of hydrogen-bond donors (Lipinski definition) is 2. The largest absolute Gasteiger partial charge is 0.481 e. The number of benzene rings is 1. The number of carbonyl (C=O) groups excluding carboxylic acids is 2. The average molecular weight is 416 g/mol. The normalized spacial score (nSPS) is 11.5. The second-order valence-corrected chi connectivity index (χ2v) is 6.88. The number of nitrogens with one attached hydrogen (secondary N) is 2. The molecule has 0 aliphatic heterocycles. The Balaban J connectivity index is 2.27. The average Bonchev–Trinajstić information content (AvgIpc) is 2.73. The summed E-state index contributed by atoms with van der Waals surface area (Å²) in [7, 11) is 2.92. The molecule has 0 saturated heterocycles. The van der Waals surface area contributed by atoms with E-state index in [0.717, 1.165) is 0 Å². The van der Waals surface area contributed by atoms with Gasteiger partial charge in [0, 0.05) is 6.54 Å². The molecule has 0 bridgehead atoms. The van der Waals surface area contributed by atoms with Gasteiger partial charge in [0.05, 0.1) is 25.8 Å². The Bertz CT molecular complexity index is 850. The number of likely N-dealkylation sites (N-methyl/N-ethyl adjacent to an activating group) is 1. The summed E-state index contributed by atoms with van der Waals surface area (Å²) in [5.41, 5.74) is 0.251. The van der Waals surface area contributed by atoms with Crippen LogP contribution in [0.25, 0.3) is 0 Å². The van der Waals surface area contributed by atoms with Crippen LogP contribution in [-0.4, -0.2) is 48.6 Å². The maximum absolute atomic E-state index is 12.9. The molecule has 0 aliphatic rings. The van der Waals surface area contributed by atoms with Gasteiger partial charge >= 0.3 is 6.01 Å². The minimum absolute atomic E-state index is 0.0334. The molecule has 0 aliphatic carbocycles. The molecule has 2 rings (SSSR count). The molecule has 0 spiro atoms. The van der Waals surface area contributed by atoms with Gasteiger partial charge in [-0.25, -0.2) is 0 Å². The summed E-state index contributed by atoms with van der Waals surface area (Å²) < 4.78 is 16.0. The zero-order valence-corrected chi connectivity index (χ0v) is 17.9. The van der Waals surface area contributed by atoms with E-state index in [1.807, 2.05) is 20.8 Å². The van der Waals surface area contributed by atoms with Crippen molar-refractivity contribution in [3.63, 3.8) is 0 Å². The predicted octanol–water partition coefficient (Wildman–Crippen LogP) is 2.57. The van der Waals surface area contributed by atoms with Gasteiger partial charge in [0.2, 0.25) is 17.7 Å². The van der Waals surface area contributed by atoms with E-state index in [1.165, 1.54) is 20.3 Å². The summed E-state index contributed by atoms with van der Waals surface area (Å²) >= 11 is 0. The Kier molecular flexibility index (Phi) is 8.40. The third kappa shape index (κ3) is 6.33. The van der Waals surface area contributed by atoms with Crippen molar-refractivity contribution in [2.75, 3.05) is 20.8 Å². The molecule has 1 heterocycles. The van der Waals surface area contributed by atoms with E-state index in [4.69, 9.17) is 14.2 Å². The maximum Gasteiger partial charge on any atom is 0.328 e. The van der Waals surface area contributed by atoms with E-state index >= 15 is 0 Å². The van der Waals surface area contributed by atoms with Crippen molar-refractivity contribution in [2.24, 2.45) is 5.92 Å². The van der Waals surface area contributed by atoms with E-state index < -0.39 is 11.9 Å².